The van der Waals surface area contributed by atoms with Crippen LogP contribution < -0.4 is 0 Å². The molecule has 1 aromatic carbocycles. The summed E-state index contributed by atoms with van der Waals surface area (Å²) in [4.78, 5) is 0. The van der Waals surface area contributed by atoms with Crippen molar-refractivity contribution < 1.29 is 5.11 Å². The van der Waals surface area contributed by atoms with E-state index >= 15 is 0 Å². The minimum Gasteiger partial charge on any atom is -0.506 e. The highest BCUT2D eigenvalue weighted by Gasteiger charge is 2.10. The maximum atomic E-state index is 9.27. The molecular weight excluding hydrogens is 319 g/mol. The lowest BCUT2D eigenvalue weighted by molar-refractivity contribution is 0.468. The van der Waals surface area contributed by atoms with Crippen LogP contribution in [0.25, 0.3) is 0 Å². The first-order valence-electron chi connectivity index (χ1n) is 2.56. The molecule has 1 nitrogen and oxygen atoms in total. The predicted octanol–water partition coefficient (Wildman–Crippen LogP) is 4.22. The summed E-state index contributed by atoms with van der Waals surface area (Å²) < 4.78 is 0.914. The van der Waals surface area contributed by atoms with Crippen LogP contribution in [0.2, 0.25) is 10.0 Å². The molecule has 0 aliphatic carbocycles. The summed E-state index contributed by atoms with van der Waals surface area (Å²) in [5.41, 5.74) is 0. The van der Waals surface area contributed by atoms with Gasteiger partial charge < -0.3 is 5.11 Å². The van der Waals surface area contributed by atoms with Gasteiger partial charge in [0.2, 0.25) is 0 Å². The van der Waals surface area contributed by atoms with Gasteiger partial charge in [-0.15, -0.1) is 0 Å². The molecule has 0 bridgehead atoms. The second-order valence-electron chi connectivity index (χ2n) is 1.82. The number of halogens is 4. The molecule has 60 valence electrons. The second kappa shape index (κ2) is 3.52. The molecular formula is C6H2Br2Cl2O. The van der Waals surface area contributed by atoms with E-state index < -0.39 is 0 Å². The van der Waals surface area contributed by atoms with E-state index in [-0.39, 0.29) is 5.75 Å². The van der Waals surface area contributed by atoms with E-state index in [9.17, 15) is 5.11 Å². The zero-order valence-corrected chi connectivity index (χ0v) is 9.72. The monoisotopic (exact) mass is 318 g/mol. The zero-order valence-electron chi connectivity index (χ0n) is 5.04. The maximum absolute atomic E-state index is 9.27. The van der Waals surface area contributed by atoms with E-state index in [2.05, 4.69) is 31.9 Å². The Morgan fingerprint density at radius 2 is 1.82 bits per heavy atom. The molecule has 0 aliphatic rings. The van der Waals surface area contributed by atoms with Gasteiger partial charge in [-0.3, -0.25) is 0 Å². The van der Waals surface area contributed by atoms with Gasteiger partial charge in [-0.2, -0.15) is 0 Å². The van der Waals surface area contributed by atoms with E-state index in [1.165, 1.54) is 6.07 Å². The molecule has 1 aromatic rings. The summed E-state index contributed by atoms with van der Waals surface area (Å²) in [6.45, 7) is 0. The number of phenolic OH excluding ortho intramolecular Hbond substituents is 1. The minimum atomic E-state index is 0.0550. The van der Waals surface area contributed by atoms with Crippen molar-refractivity contribution in [2.45, 2.75) is 0 Å². The average Bonchev–Trinajstić information content (AvgIpc) is 1.97. The van der Waals surface area contributed by atoms with Crippen molar-refractivity contribution in [3.8, 4) is 5.75 Å². The molecule has 0 saturated carbocycles. The van der Waals surface area contributed by atoms with Gasteiger partial charge in [0, 0.05) is 0 Å². The fraction of sp³-hybridized carbons (Fsp3) is 0. The number of benzene rings is 1. The lowest BCUT2D eigenvalue weighted by Crippen LogP contribution is -1.75. The van der Waals surface area contributed by atoms with Gasteiger partial charge in [0.25, 0.3) is 0 Å². The molecule has 0 saturated heterocycles. The van der Waals surface area contributed by atoms with Crippen LogP contribution >= 0.6 is 55.1 Å². The van der Waals surface area contributed by atoms with Gasteiger partial charge in [0.05, 0.1) is 19.0 Å². The van der Waals surface area contributed by atoms with Crippen LogP contribution in [-0.4, -0.2) is 5.11 Å². The predicted molar refractivity (Wildman–Crippen MR) is 53.5 cm³/mol. The molecule has 1 rings (SSSR count). The van der Waals surface area contributed by atoms with Crippen molar-refractivity contribution in [2.24, 2.45) is 0 Å². The highest BCUT2D eigenvalue weighted by Crippen LogP contribution is 2.41. The SMILES string of the molecule is Oc1c(Br)cc(Cl)c(Cl)c1Br. The first-order valence-corrected chi connectivity index (χ1v) is 4.90. The van der Waals surface area contributed by atoms with Crippen molar-refractivity contribution in [3.63, 3.8) is 0 Å². The fourth-order valence-corrected chi connectivity index (χ4v) is 2.27. The van der Waals surface area contributed by atoms with Crippen molar-refractivity contribution in [3.05, 3.63) is 25.1 Å². The summed E-state index contributed by atoms with van der Waals surface area (Å²) in [5.74, 6) is 0.0550. The van der Waals surface area contributed by atoms with Crippen LogP contribution in [0.5, 0.6) is 5.75 Å². The molecule has 0 amide bonds. The normalized spacial score (nSPS) is 10.2. The second-order valence-corrected chi connectivity index (χ2v) is 4.25. The van der Waals surface area contributed by atoms with Gasteiger partial charge in [0.1, 0.15) is 5.75 Å². The summed E-state index contributed by atoms with van der Waals surface area (Å²) in [6, 6.07) is 1.53. The number of rotatable bonds is 0. The largest absolute Gasteiger partial charge is 0.506 e. The van der Waals surface area contributed by atoms with Crippen LogP contribution in [0.4, 0.5) is 0 Å². The number of aromatic hydroxyl groups is 1. The molecule has 0 aromatic heterocycles. The van der Waals surface area contributed by atoms with Gasteiger partial charge in [-0.25, -0.2) is 0 Å². The van der Waals surface area contributed by atoms with Crippen molar-refractivity contribution in [1.82, 2.24) is 0 Å². The Balaban J connectivity index is 3.46. The zero-order chi connectivity index (χ0) is 8.59. The van der Waals surface area contributed by atoms with Crippen LogP contribution in [0.1, 0.15) is 0 Å². The smallest absolute Gasteiger partial charge is 0.145 e. The summed E-state index contributed by atoms with van der Waals surface area (Å²) in [5, 5.41) is 9.98. The van der Waals surface area contributed by atoms with E-state index in [1.54, 1.807) is 0 Å². The fourth-order valence-electron chi connectivity index (χ4n) is 0.557. The molecule has 1 N–H and O–H groups in total. The van der Waals surface area contributed by atoms with Crippen LogP contribution in [0.3, 0.4) is 0 Å². The summed E-state index contributed by atoms with van der Waals surface area (Å²) >= 11 is 17.6. The molecule has 0 spiro atoms. The lowest BCUT2D eigenvalue weighted by atomic mass is 10.3. The van der Waals surface area contributed by atoms with Crippen LogP contribution in [-0.2, 0) is 0 Å². The highest BCUT2D eigenvalue weighted by atomic mass is 79.9. The molecule has 0 unspecified atom stereocenters. The first kappa shape index (κ1) is 9.65. The Morgan fingerprint density at radius 1 is 1.27 bits per heavy atom. The topological polar surface area (TPSA) is 20.2 Å². The maximum Gasteiger partial charge on any atom is 0.145 e. The molecule has 0 atom stereocenters. The number of phenols is 1. The van der Waals surface area contributed by atoms with E-state index in [4.69, 9.17) is 23.2 Å². The van der Waals surface area contributed by atoms with Crippen molar-refractivity contribution in [2.75, 3.05) is 0 Å². The van der Waals surface area contributed by atoms with Gasteiger partial charge in [-0.1, -0.05) is 23.2 Å². The van der Waals surface area contributed by atoms with Crippen LogP contribution in [0.15, 0.2) is 15.0 Å². The molecule has 11 heavy (non-hydrogen) atoms. The molecule has 0 aliphatic heterocycles. The number of hydrogen-bond donors (Lipinski definition) is 1. The highest BCUT2D eigenvalue weighted by molar-refractivity contribution is 9.11. The van der Waals surface area contributed by atoms with Crippen LogP contribution in [0, 0.1) is 0 Å². The van der Waals surface area contributed by atoms with Crippen molar-refractivity contribution in [1.29, 1.82) is 0 Å². The first-order chi connectivity index (χ1) is 5.04. The Hall–Kier alpha value is 0.560. The van der Waals surface area contributed by atoms with E-state index in [1.807, 2.05) is 0 Å². The minimum absolute atomic E-state index is 0.0550. The van der Waals surface area contributed by atoms with Gasteiger partial charge >= 0.3 is 0 Å². The molecule has 0 fully saturated rings. The Morgan fingerprint density at radius 3 is 2.36 bits per heavy atom. The standard InChI is InChI=1S/C6H2Br2Cl2O/c7-2-1-3(9)5(10)4(8)6(2)11/h1,11H. The molecule has 0 heterocycles. The summed E-state index contributed by atoms with van der Waals surface area (Å²) in [6.07, 6.45) is 0. The quantitative estimate of drug-likeness (QED) is 0.560. The number of hydrogen-bond acceptors (Lipinski definition) is 1. The third kappa shape index (κ3) is 1.83. The Bertz CT molecular complexity index is 275. The summed E-state index contributed by atoms with van der Waals surface area (Å²) in [7, 11) is 0. The molecule has 0 radical (unpaired) electrons. The lowest BCUT2D eigenvalue weighted by Gasteiger charge is -2.03. The van der Waals surface area contributed by atoms with Gasteiger partial charge in [0.15, 0.2) is 0 Å². The third-order valence-corrected chi connectivity index (χ3v) is 3.48. The van der Waals surface area contributed by atoms with Crippen molar-refractivity contribution >= 4 is 55.1 Å². The Labute approximate surface area is 90.6 Å². The van der Waals surface area contributed by atoms with Gasteiger partial charge in [-0.05, 0) is 37.9 Å². The van der Waals surface area contributed by atoms with E-state index in [0.29, 0.717) is 19.0 Å². The van der Waals surface area contributed by atoms with E-state index in [0.717, 1.165) is 0 Å². The molecule has 5 heteroatoms. The average molecular weight is 321 g/mol. The Kier molecular flexibility index (Phi) is 3.09. The third-order valence-electron chi connectivity index (χ3n) is 1.09.